The molecular weight excluding hydrogens is 331 g/mol. The molecular formula is C14H8F3N3O4. The first kappa shape index (κ1) is 15.7. The van der Waals surface area contributed by atoms with Crippen molar-refractivity contribution >= 4 is 17.8 Å². The Morgan fingerprint density at radius 2 is 1.67 bits per heavy atom. The van der Waals surface area contributed by atoms with Crippen molar-refractivity contribution in [2.24, 2.45) is 0 Å². The van der Waals surface area contributed by atoms with E-state index >= 15 is 0 Å². The number of amides is 2. The number of carbonyl (C=O) groups excluding carboxylic acids is 3. The SMILES string of the molecule is O=C(Cn1ccc(C(F)(F)F)n1)ON1C(=O)c2ccccc2C1=O. The van der Waals surface area contributed by atoms with E-state index in [9.17, 15) is 27.6 Å². The summed E-state index contributed by atoms with van der Waals surface area (Å²) in [7, 11) is 0. The Hall–Kier alpha value is -3.17. The van der Waals surface area contributed by atoms with E-state index in [2.05, 4.69) is 9.94 Å². The van der Waals surface area contributed by atoms with Crippen LogP contribution in [-0.4, -0.2) is 32.6 Å². The van der Waals surface area contributed by atoms with Crippen LogP contribution in [-0.2, 0) is 22.4 Å². The Morgan fingerprint density at radius 1 is 1.08 bits per heavy atom. The lowest BCUT2D eigenvalue weighted by Gasteiger charge is -2.12. The Morgan fingerprint density at radius 3 is 2.17 bits per heavy atom. The highest BCUT2D eigenvalue weighted by Crippen LogP contribution is 2.27. The molecule has 24 heavy (non-hydrogen) atoms. The van der Waals surface area contributed by atoms with Crippen molar-refractivity contribution in [1.29, 1.82) is 0 Å². The minimum atomic E-state index is -4.64. The second-order valence-corrected chi connectivity index (χ2v) is 4.81. The standard InChI is InChI=1S/C14H8F3N3O4/c15-14(16,17)10-5-6-19(18-10)7-11(21)24-20-12(22)8-3-1-2-4-9(8)13(20)23/h1-6H,7H2. The molecule has 1 aromatic heterocycles. The first-order chi connectivity index (χ1) is 11.3. The van der Waals surface area contributed by atoms with Gasteiger partial charge in [-0.1, -0.05) is 17.2 Å². The number of aromatic nitrogens is 2. The molecule has 0 atom stereocenters. The quantitative estimate of drug-likeness (QED) is 0.795. The van der Waals surface area contributed by atoms with E-state index in [1.165, 1.54) is 24.3 Å². The molecule has 1 aliphatic heterocycles. The Bertz CT molecular complexity index is 809. The molecule has 2 heterocycles. The lowest BCUT2D eigenvalue weighted by Crippen LogP contribution is -2.34. The molecule has 0 bridgehead atoms. The molecule has 3 rings (SSSR count). The molecule has 7 nitrogen and oxygen atoms in total. The van der Waals surface area contributed by atoms with E-state index in [0.29, 0.717) is 10.7 Å². The van der Waals surface area contributed by atoms with Crippen molar-refractivity contribution in [3.63, 3.8) is 0 Å². The van der Waals surface area contributed by atoms with Crippen molar-refractivity contribution in [2.75, 3.05) is 0 Å². The summed E-state index contributed by atoms with van der Waals surface area (Å²) in [6.45, 7) is -0.691. The maximum Gasteiger partial charge on any atom is 0.435 e. The molecule has 0 spiro atoms. The number of carbonyl (C=O) groups is 3. The molecule has 0 saturated carbocycles. The monoisotopic (exact) mass is 339 g/mol. The van der Waals surface area contributed by atoms with Gasteiger partial charge in [-0.25, -0.2) is 4.79 Å². The predicted octanol–water partition coefficient (Wildman–Crippen LogP) is 1.66. The predicted molar refractivity (Wildman–Crippen MR) is 70.3 cm³/mol. The second kappa shape index (κ2) is 5.48. The summed E-state index contributed by atoms with van der Waals surface area (Å²) in [6.07, 6.45) is -3.70. The van der Waals surface area contributed by atoms with Gasteiger partial charge in [0.1, 0.15) is 6.54 Å². The van der Waals surface area contributed by atoms with Gasteiger partial charge >= 0.3 is 12.1 Å². The number of alkyl halides is 3. The number of benzene rings is 1. The lowest BCUT2D eigenvalue weighted by atomic mass is 10.1. The van der Waals surface area contributed by atoms with Crippen molar-refractivity contribution < 1.29 is 32.4 Å². The number of hydrogen-bond acceptors (Lipinski definition) is 5. The summed E-state index contributed by atoms with van der Waals surface area (Å²) in [5.74, 6) is -2.75. The van der Waals surface area contributed by atoms with Crippen LogP contribution in [0.3, 0.4) is 0 Å². The summed E-state index contributed by atoms with van der Waals surface area (Å²) in [5, 5.41) is 3.45. The molecule has 0 fully saturated rings. The number of imide groups is 1. The third-order valence-corrected chi connectivity index (χ3v) is 3.17. The molecule has 0 aliphatic carbocycles. The minimum absolute atomic E-state index is 0.0775. The van der Waals surface area contributed by atoms with Gasteiger partial charge in [-0.05, 0) is 18.2 Å². The van der Waals surface area contributed by atoms with Gasteiger partial charge in [0.2, 0.25) is 0 Å². The smallest absolute Gasteiger partial charge is 0.328 e. The molecule has 0 radical (unpaired) electrons. The van der Waals surface area contributed by atoms with Crippen LogP contribution in [0.25, 0.3) is 0 Å². The van der Waals surface area contributed by atoms with E-state index in [4.69, 9.17) is 0 Å². The average Bonchev–Trinajstić information content (AvgIpc) is 3.07. The van der Waals surface area contributed by atoms with Crippen molar-refractivity contribution in [2.45, 2.75) is 12.7 Å². The van der Waals surface area contributed by atoms with E-state index in [-0.39, 0.29) is 16.2 Å². The Labute approximate surface area is 132 Å². The van der Waals surface area contributed by atoms with Crippen molar-refractivity contribution in [3.05, 3.63) is 53.3 Å². The summed E-state index contributed by atoms with van der Waals surface area (Å²) in [4.78, 5) is 40.4. The molecule has 2 amide bonds. The number of rotatable bonds is 3. The van der Waals surface area contributed by atoms with Crippen LogP contribution < -0.4 is 0 Å². The van der Waals surface area contributed by atoms with Crippen molar-refractivity contribution in [1.82, 2.24) is 14.8 Å². The maximum atomic E-state index is 12.4. The number of hydrogen-bond donors (Lipinski definition) is 0. The number of nitrogens with zero attached hydrogens (tertiary/aromatic N) is 3. The van der Waals surface area contributed by atoms with Crippen LogP contribution >= 0.6 is 0 Å². The minimum Gasteiger partial charge on any atom is -0.328 e. The van der Waals surface area contributed by atoms with E-state index in [1.807, 2.05) is 0 Å². The third kappa shape index (κ3) is 2.73. The zero-order chi connectivity index (χ0) is 17.5. The summed E-state index contributed by atoms with van der Waals surface area (Å²) in [6, 6.07) is 6.56. The highest BCUT2D eigenvalue weighted by atomic mass is 19.4. The number of fused-ring (bicyclic) bond motifs is 1. The molecule has 1 aliphatic rings. The van der Waals surface area contributed by atoms with Crippen LogP contribution in [0.2, 0.25) is 0 Å². The zero-order valence-electron chi connectivity index (χ0n) is 11.8. The third-order valence-electron chi connectivity index (χ3n) is 3.17. The van der Waals surface area contributed by atoms with Crippen LogP contribution in [0.15, 0.2) is 36.5 Å². The summed E-state index contributed by atoms with van der Waals surface area (Å²) in [5.41, 5.74) is -1.02. The fourth-order valence-electron chi connectivity index (χ4n) is 2.11. The van der Waals surface area contributed by atoms with Crippen LogP contribution in [0, 0.1) is 0 Å². The number of hydroxylamine groups is 2. The van der Waals surface area contributed by atoms with Gasteiger partial charge < -0.3 is 4.84 Å². The summed E-state index contributed by atoms with van der Waals surface area (Å²) < 4.78 is 38.0. The highest BCUT2D eigenvalue weighted by Gasteiger charge is 2.39. The normalized spacial score (nSPS) is 14.0. The first-order valence-corrected chi connectivity index (χ1v) is 6.56. The largest absolute Gasteiger partial charge is 0.435 e. The van der Waals surface area contributed by atoms with Gasteiger partial charge in [-0.3, -0.25) is 14.3 Å². The molecule has 0 N–H and O–H groups in total. The van der Waals surface area contributed by atoms with Gasteiger partial charge in [0.05, 0.1) is 11.1 Å². The first-order valence-electron chi connectivity index (χ1n) is 6.56. The van der Waals surface area contributed by atoms with Crippen LogP contribution in [0.1, 0.15) is 26.4 Å². The lowest BCUT2D eigenvalue weighted by molar-refractivity contribution is -0.169. The Kier molecular flexibility index (Phi) is 3.59. The number of halogens is 3. The van der Waals surface area contributed by atoms with Gasteiger partial charge in [-0.2, -0.15) is 18.3 Å². The maximum absolute atomic E-state index is 12.4. The van der Waals surface area contributed by atoms with Crippen LogP contribution in [0.5, 0.6) is 0 Å². The van der Waals surface area contributed by atoms with Gasteiger partial charge in [0.15, 0.2) is 5.69 Å². The van der Waals surface area contributed by atoms with Crippen molar-refractivity contribution in [3.8, 4) is 0 Å². The van der Waals surface area contributed by atoms with Gasteiger partial charge in [0.25, 0.3) is 11.8 Å². The summed E-state index contributed by atoms with van der Waals surface area (Å²) >= 11 is 0. The average molecular weight is 339 g/mol. The van der Waals surface area contributed by atoms with Gasteiger partial charge in [0, 0.05) is 6.20 Å². The second-order valence-electron chi connectivity index (χ2n) is 4.81. The van der Waals surface area contributed by atoms with Gasteiger partial charge in [-0.15, -0.1) is 0 Å². The molecule has 0 unspecified atom stereocenters. The molecule has 0 saturated heterocycles. The molecule has 10 heteroatoms. The Balaban J connectivity index is 1.69. The van der Waals surface area contributed by atoms with E-state index in [1.54, 1.807) is 0 Å². The zero-order valence-corrected chi connectivity index (χ0v) is 11.8. The molecule has 2 aromatic rings. The van der Waals surface area contributed by atoms with E-state index in [0.717, 1.165) is 6.20 Å². The highest BCUT2D eigenvalue weighted by molar-refractivity contribution is 6.20. The van der Waals surface area contributed by atoms with E-state index < -0.39 is 36.2 Å². The topological polar surface area (TPSA) is 81.5 Å². The fraction of sp³-hybridized carbons (Fsp3) is 0.143. The molecule has 124 valence electrons. The fourth-order valence-corrected chi connectivity index (χ4v) is 2.11. The van der Waals surface area contributed by atoms with Crippen LogP contribution in [0.4, 0.5) is 13.2 Å². The molecule has 1 aromatic carbocycles.